The summed E-state index contributed by atoms with van der Waals surface area (Å²) in [4.78, 5) is 0. The number of hydrogen-bond donors (Lipinski definition) is 1. The average Bonchev–Trinajstić information content (AvgIpc) is 1.84. The van der Waals surface area contributed by atoms with Gasteiger partial charge in [-0.05, 0) is 26.2 Å². The Labute approximate surface area is 75.9 Å². The lowest BCUT2D eigenvalue weighted by molar-refractivity contribution is -0.0296. The Hall–Kier alpha value is -0.0800. The van der Waals surface area contributed by atoms with Crippen LogP contribution in [0.1, 0.15) is 40.5 Å². The van der Waals surface area contributed by atoms with Crippen LogP contribution in [-0.4, -0.2) is 23.9 Å². The van der Waals surface area contributed by atoms with Crippen LogP contribution in [0.25, 0.3) is 0 Å². The van der Waals surface area contributed by atoms with E-state index in [1.165, 1.54) is 12.8 Å². The Bertz CT molecular complexity index is 105. The Morgan fingerprint density at radius 2 is 2.00 bits per heavy atom. The SMILES string of the molecule is CCCC(C)COCC(C)(C)O. The molecule has 0 aliphatic heterocycles. The third kappa shape index (κ3) is 8.02. The van der Waals surface area contributed by atoms with Gasteiger partial charge < -0.3 is 9.84 Å². The molecule has 2 heteroatoms. The predicted octanol–water partition coefficient (Wildman–Crippen LogP) is 2.21. The molecule has 0 rings (SSSR count). The quantitative estimate of drug-likeness (QED) is 0.669. The van der Waals surface area contributed by atoms with E-state index in [0.29, 0.717) is 12.5 Å². The van der Waals surface area contributed by atoms with Crippen LogP contribution in [0.5, 0.6) is 0 Å². The van der Waals surface area contributed by atoms with Crippen molar-refractivity contribution in [1.29, 1.82) is 0 Å². The van der Waals surface area contributed by atoms with Crippen LogP contribution in [0.2, 0.25) is 0 Å². The minimum atomic E-state index is -0.689. The number of ether oxygens (including phenoxy) is 1. The van der Waals surface area contributed by atoms with E-state index in [2.05, 4.69) is 13.8 Å². The maximum Gasteiger partial charge on any atom is 0.0824 e. The van der Waals surface area contributed by atoms with Crippen molar-refractivity contribution in [2.75, 3.05) is 13.2 Å². The van der Waals surface area contributed by atoms with Crippen molar-refractivity contribution in [2.24, 2.45) is 5.92 Å². The fourth-order valence-corrected chi connectivity index (χ4v) is 1.09. The zero-order valence-electron chi connectivity index (χ0n) is 8.76. The summed E-state index contributed by atoms with van der Waals surface area (Å²) >= 11 is 0. The van der Waals surface area contributed by atoms with Gasteiger partial charge in [-0.1, -0.05) is 20.3 Å². The summed E-state index contributed by atoms with van der Waals surface area (Å²) in [5, 5.41) is 9.34. The first-order valence-corrected chi connectivity index (χ1v) is 4.76. The van der Waals surface area contributed by atoms with Crippen LogP contribution in [0, 0.1) is 5.92 Å². The monoisotopic (exact) mass is 174 g/mol. The topological polar surface area (TPSA) is 29.5 Å². The average molecular weight is 174 g/mol. The summed E-state index contributed by atoms with van der Waals surface area (Å²) in [6, 6.07) is 0. The summed E-state index contributed by atoms with van der Waals surface area (Å²) < 4.78 is 5.36. The number of hydrogen-bond acceptors (Lipinski definition) is 2. The molecular weight excluding hydrogens is 152 g/mol. The molecule has 0 radical (unpaired) electrons. The Morgan fingerprint density at radius 3 is 2.42 bits per heavy atom. The highest BCUT2D eigenvalue weighted by Crippen LogP contribution is 2.07. The van der Waals surface area contributed by atoms with Gasteiger partial charge in [-0.3, -0.25) is 0 Å². The zero-order valence-corrected chi connectivity index (χ0v) is 8.76. The molecule has 0 aliphatic carbocycles. The maximum atomic E-state index is 9.34. The number of rotatable bonds is 6. The molecule has 74 valence electrons. The van der Waals surface area contributed by atoms with Gasteiger partial charge in [-0.15, -0.1) is 0 Å². The summed E-state index contributed by atoms with van der Waals surface area (Å²) in [5.41, 5.74) is -0.689. The molecule has 0 heterocycles. The Kier molecular flexibility index (Phi) is 5.51. The fourth-order valence-electron chi connectivity index (χ4n) is 1.09. The molecule has 0 aliphatic rings. The van der Waals surface area contributed by atoms with Crippen molar-refractivity contribution >= 4 is 0 Å². The van der Waals surface area contributed by atoms with E-state index in [1.807, 2.05) is 0 Å². The molecule has 0 amide bonds. The summed E-state index contributed by atoms with van der Waals surface area (Å²) in [7, 11) is 0. The van der Waals surface area contributed by atoms with Crippen molar-refractivity contribution in [3.8, 4) is 0 Å². The molecule has 0 fully saturated rings. The fraction of sp³-hybridized carbons (Fsp3) is 1.00. The highest BCUT2D eigenvalue weighted by Gasteiger charge is 2.12. The first kappa shape index (κ1) is 11.9. The third-order valence-electron chi connectivity index (χ3n) is 1.64. The molecule has 0 saturated heterocycles. The molecule has 1 atom stereocenters. The normalized spacial score (nSPS) is 14.8. The van der Waals surface area contributed by atoms with Gasteiger partial charge >= 0.3 is 0 Å². The van der Waals surface area contributed by atoms with E-state index in [1.54, 1.807) is 13.8 Å². The van der Waals surface area contributed by atoms with Crippen molar-refractivity contribution < 1.29 is 9.84 Å². The molecular formula is C10H22O2. The zero-order chi connectivity index (χ0) is 9.61. The second-order valence-electron chi connectivity index (χ2n) is 4.22. The van der Waals surface area contributed by atoms with Crippen molar-refractivity contribution in [2.45, 2.75) is 46.1 Å². The molecule has 0 aromatic rings. The molecule has 1 N–H and O–H groups in total. The van der Waals surface area contributed by atoms with Gasteiger partial charge in [0.15, 0.2) is 0 Å². The van der Waals surface area contributed by atoms with Crippen LogP contribution in [0.15, 0.2) is 0 Å². The van der Waals surface area contributed by atoms with Gasteiger partial charge in [0, 0.05) is 6.61 Å². The Morgan fingerprint density at radius 1 is 1.42 bits per heavy atom. The smallest absolute Gasteiger partial charge is 0.0824 e. The maximum absolute atomic E-state index is 9.34. The van der Waals surface area contributed by atoms with E-state index in [9.17, 15) is 5.11 Å². The van der Waals surface area contributed by atoms with Gasteiger partial charge in [0.2, 0.25) is 0 Å². The van der Waals surface area contributed by atoms with Crippen molar-refractivity contribution in [1.82, 2.24) is 0 Å². The molecule has 0 saturated carbocycles. The van der Waals surface area contributed by atoms with Crippen molar-refractivity contribution in [3.63, 3.8) is 0 Å². The van der Waals surface area contributed by atoms with Crippen LogP contribution in [-0.2, 0) is 4.74 Å². The number of aliphatic hydroxyl groups is 1. The van der Waals surface area contributed by atoms with E-state index in [0.717, 1.165) is 6.61 Å². The lowest BCUT2D eigenvalue weighted by atomic mass is 10.1. The predicted molar refractivity (Wildman–Crippen MR) is 51.2 cm³/mol. The summed E-state index contributed by atoms with van der Waals surface area (Å²) in [5.74, 6) is 0.609. The highest BCUT2D eigenvalue weighted by molar-refractivity contribution is 4.63. The van der Waals surface area contributed by atoms with Gasteiger partial charge in [0.1, 0.15) is 0 Å². The summed E-state index contributed by atoms with van der Waals surface area (Å²) in [6.07, 6.45) is 2.40. The lowest BCUT2D eigenvalue weighted by Gasteiger charge is -2.18. The largest absolute Gasteiger partial charge is 0.388 e. The van der Waals surface area contributed by atoms with Crippen LogP contribution in [0.3, 0.4) is 0 Å². The van der Waals surface area contributed by atoms with Crippen molar-refractivity contribution in [3.05, 3.63) is 0 Å². The van der Waals surface area contributed by atoms with Crippen LogP contribution >= 0.6 is 0 Å². The third-order valence-corrected chi connectivity index (χ3v) is 1.64. The molecule has 0 spiro atoms. The van der Waals surface area contributed by atoms with E-state index in [-0.39, 0.29) is 0 Å². The van der Waals surface area contributed by atoms with Crippen LogP contribution < -0.4 is 0 Å². The first-order valence-electron chi connectivity index (χ1n) is 4.76. The van der Waals surface area contributed by atoms with E-state index in [4.69, 9.17) is 4.74 Å². The molecule has 2 nitrogen and oxygen atoms in total. The molecule has 0 aromatic heterocycles. The van der Waals surface area contributed by atoms with Crippen LogP contribution in [0.4, 0.5) is 0 Å². The first-order chi connectivity index (χ1) is 5.45. The standard InChI is InChI=1S/C10H22O2/c1-5-6-9(2)7-12-8-10(3,4)11/h9,11H,5-8H2,1-4H3. The molecule has 12 heavy (non-hydrogen) atoms. The second kappa shape index (κ2) is 5.55. The molecule has 1 unspecified atom stereocenters. The lowest BCUT2D eigenvalue weighted by Crippen LogP contribution is -2.27. The van der Waals surface area contributed by atoms with Gasteiger partial charge in [0.05, 0.1) is 12.2 Å². The Balaban J connectivity index is 3.31. The van der Waals surface area contributed by atoms with Gasteiger partial charge in [-0.25, -0.2) is 0 Å². The van der Waals surface area contributed by atoms with Gasteiger partial charge in [-0.2, -0.15) is 0 Å². The van der Waals surface area contributed by atoms with E-state index >= 15 is 0 Å². The van der Waals surface area contributed by atoms with Gasteiger partial charge in [0.25, 0.3) is 0 Å². The summed E-state index contributed by atoms with van der Waals surface area (Å²) in [6.45, 7) is 9.06. The molecule has 0 bridgehead atoms. The molecule has 0 aromatic carbocycles. The highest BCUT2D eigenvalue weighted by atomic mass is 16.5. The second-order valence-corrected chi connectivity index (χ2v) is 4.22. The van der Waals surface area contributed by atoms with E-state index < -0.39 is 5.60 Å². The minimum absolute atomic E-state index is 0.432. The minimum Gasteiger partial charge on any atom is -0.388 e.